The van der Waals surface area contributed by atoms with E-state index >= 15 is 0 Å². The zero-order valence-electron chi connectivity index (χ0n) is 17.3. The fourth-order valence-corrected chi connectivity index (χ4v) is 5.13. The molecule has 2 aromatic rings. The molecule has 3 rings (SSSR count). The maximum absolute atomic E-state index is 13.0. The van der Waals surface area contributed by atoms with Crippen molar-refractivity contribution in [2.75, 3.05) is 39.3 Å². The Morgan fingerprint density at radius 1 is 0.931 bits per heavy atom. The lowest BCUT2D eigenvalue weighted by molar-refractivity contribution is 0.353. The van der Waals surface area contributed by atoms with E-state index in [1.165, 1.54) is 20.3 Å². The van der Waals surface area contributed by atoms with Gasteiger partial charge in [-0.3, -0.25) is 0 Å². The average Bonchev–Trinajstić information content (AvgIpc) is 2.73. The molecule has 1 aliphatic heterocycles. The SMILES string of the molecule is COc1ccc(N2CCC(NS(=O)(=O)c3cc(OC)c(OC)cc3C)CC2)cc1. The van der Waals surface area contributed by atoms with Crippen LogP contribution in [-0.4, -0.2) is 48.9 Å². The van der Waals surface area contributed by atoms with E-state index in [1.807, 2.05) is 24.3 Å². The van der Waals surface area contributed by atoms with E-state index in [9.17, 15) is 8.42 Å². The summed E-state index contributed by atoms with van der Waals surface area (Å²) in [4.78, 5) is 2.47. The van der Waals surface area contributed by atoms with Crippen LogP contribution in [0.5, 0.6) is 17.2 Å². The van der Waals surface area contributed by atoms with Crippen LogP contribution in [0.1, 0.15) is 18.4 Å². The molecule has 1 N–H and O–H groups in total. The third-order valence-corrected chi connectivity index (χ3v) is 6.89. The second kappa shape index (κ2) is 8.92. The van der Waals surface area contributed by atoms with Crippen LogP contribution in [0.2, 0.25) is 0 Å². The van der Waals surface area contributed by atoms with E-state index in [0.29, 0.717) is 17.1 Å². The molecule has 1 heterocycles. The highest BCUT2D eigenvalue weighted by Crippen LogP contribution is 2.32. The molecule has 0 radical (unpaired) electrons. The van der Waals surface area contributed by atoms with Gasteiger partial charge in [-0.1, -0.05) is 0 Å². The first kappa shape index (κ1) is 21.3. The van der Waals surface area contributed by atoms with Crippen LogP contribution in [0.25, 0.3) is 0 Å². The molecule has 0 amide bonds. The summed E-state index contributed by atoms with van der Waals surface area (Å²) >= 11 is 0. The summed E-state index contributed by atoms with van der Waals surface area (Å²) in [6.45, 7) is 3.32. The molecule has 29 heavy (non-hydrogen) atoms. The predicted octanol–water partition coefficient (Wildman–Crippen LogP) is 2.97. The standard InChI is InChI=1S/C21H28N2O5S/c1-15-13-19(27-3)20(28-4)14-21(15)29(24,25)22-16-9-11-23(12-10-16)17-5-7-18(26-2)8-6-17/h5-8,13-14,16,22H,9-12H2,1-4H3. The Kier molecular flexibility index (Phi) is 6.54. The number of benzene rings is 2. The minimum atomic E-state index is -3.66. The molecule has 2 aromatic carbocycles. The maximum atomic E-state index is 13.0. The van der Waals surface area contributed by atoms with Gasteiger partial charge in [-0.25, -0.2) is 13.1 Å². The molecular formula is C21H28N2O5S. The zero-order valence-corrected chi connectivity index (χ0v) is 18.1. The summed E-state index contributed by atoms with van der Waals surface area (Å²) in [5.74, 6) is 1.73. The Labute approximate surface area is 172 Å². The molecule has 0 aliphatic carbocycles. The minimum absolute atomic E-state index is 0.109. The smallest absolute Gasteiger partial charge is 0.241 e. The van der Waals surface area contributed by atoms with Gasteiger partial charge in [-0.05, 0) is 55.7 Å². The molecule has 0 bridgehead atoms. The van der Waals surface area contributed by atoms with Crippen molar-refractivity contribution in [1.82, 2.24) is 4.72 Å². The van der Waals surface area contributed by atoms with E-state index in [1.54, 1.807) is 20.1 Å². The van der Waals surface area contributed by atoms with Gasteiger partial charge in [0.1, 0.15) is 5.75 Å². The summed E-state index contributed by atoms with van der Waals surface area (Å²) in [5, 5.41) is 0. The van der Waals surface area contributed by atoms with Gasteiger partial charge >= 0.3 is 0 Å². The molecule has 0 unspecified atom stereocenters. The summed E-state index contributed by atoms with van der Waals surface area (Å²) in [7, 11) is 1.01. The van der Waals surface area contributed by atoms with Crippen LogP contribution in [0.3, 0.4) is 0 Å². The van der Waals surface area contributed by atoms with Crippen LogP contribution in [0.15, 0.2) is 41.3 Å². The van der Waals surface area contributed by atoms with Gasteiger partial charge in [0.2, 0.25) is 10.0 Å². The number of nitrogens with one attached hydrogen (secondary N) is 1. The topological polar surface area (TPSA) is 77.1 Å². The zero-order chi connectivity index (χ0) is 21.0. The van der Waals surface area contributed by atoms with Crippen molar-refractivity contribution < 1.29 is 22.6 Å². The molecule has 0 atom stereocenters. The second-order valence-electron chi connectivity index (χ2n) is 7.05. The van der Waals surface area contributed by atoms with Crippen molar-refractivity contribution in [3.63, 3.8) is 0 Å². The first-order valence-electron chi connectivity index (χ1n) is 9.52. The van der Waals surface area contributed by atoms with Gasteiger partial charge in [-0.15, -0.1) is 0 Å². The summed E-state index contributed by atoms with van der Waals surface area (Å²) in [6.07, 6.45) is 1.47. The molecule has 1 saturated heterocycles. The van der Waals surface area contributed by atoms with E-state index in [0.717, 1.165) is 37.4 Å². The fraction of sp³-hybridized carbons (Fsp3) is 0.429. The molecule has 8 heteroatoms. The molecule has 1 aliphatic rings. The van der Waals surface area contributed by atoms with Crippen LogP contribution in [0.4, 0.5) is 5.69 Å². The molecule has 0 saturated carbocycles. The first-order chi connectivity index (χ1) is 13.9. The van der Waals surface area contributed by atoms with Gasteiger partial charge in [-0.2, -0.15) is 0 Å². The number of ether oxygens (including phenoxy) is 3. The maximum Gasteiger partial charge on any atom is 0.241 e. The number of aryl methyl sites for hydroxylation is 1. The van der Waals surface area contributed by atoms with Gasteiger partial charge in [0.05, 0.1) is 26.2 Å². The van der Waals surface area contributed by atoms with Crippen molar-refractivity contribution >= 4 is 15.7 Å². The number of nitrogens with zero attached hydrogens (tertiary/aromatic N) is 1. The van der Waals surface area contributed by atoms with Crippen molar-refractivity contribution in [3.05, 3.63) is 42.0 Å². The lowest BCUT2D eigenvalue weighted by Crippen LogP contribution is -2.44. The van der Waals surface area contributed by atoms with Gasteiger partial charge < -0.3 is 19.1 Å². The molecule has 0 aromatic heterocycles. The highest BCUT2D eigenvalue weighted by Gasteiger charge is 2.27. The van der Waals surface area contributed by atoms with E-state index < -0.39 is 10.0 Å². The molecule has 7 nitrogen and oxygen atoms in total. The monoisotopic (exact) mass is 420 g/mol. The molecule has 1 fully saturated rings. The Hall–Kier alpha value is -2.45. The number of methoxy groups -OCH3 is 3. The quantitative estimate of drug-likeness (QED) is 0.742. The van der Waals surface area contributed by atoms with Crippen LogP contribution < -0.4 is 23.8 Å². The number of anilines is 1. The highest BCUT2D eigenvalue weighted by atomic mass is 32.2. The Morgan fingerprint density at radius 2 is 1.52 bits per heavy atom. The largest absolute Gasteiger partial charge is 0.497 e. The normalized spacial score (nSPS) is 15.2. The summed E-state index contributed by atoms with van der Waals surface area (Å²) in [5.41, 5.74) is 1.73. The Balaban J connectivity index is 1.67. The van der Waals surface area contributed by atoms with E-state index in [2.05, 4.69) is 9.62 Å². The van der Waals surface area contributed by atoms with Crippen LogP contribution >= 0.6 is 0 Å². The second-order valence-corrected chi connectivity index (χ2v) is 8.74. The fourth-order valence-electron chi connectivity index (χ4n) is 3.58. The molecule has 0 spiro atoms. The number of hydrogen-bond acceptors (Lipinski definition) is 6. The number of piperidine rings is 1. The highest BCUT2D eigenvalue weighted by molar-refractivity contribution is 7.89. The van der Waals surface area contributed by atoms with Gasteiger partial charge in [0.25, 0.3) is 0 Å². The third-order valence-electron chi connectivity index (χ3n) is 5.22. The first-order valence-corrected chi connectivity index (χ1v) is 11.0. The summed E-state index contributed by atoms with van der Waals surface area (Å²) in [6, 6.07) is 11.0. The lowest BCUT2D eigenvalue weighted by Gasteiger charge is -2.34. The van der Waals surface area contributed by atoms with Crippen molar-refractivity contribution in [1.29, 1.82) is 0 Å². The number of hydrogen-bond donors (Lipinski definition) is 1. The third kappa shape index (κ3) is 4.76. The van der Waals surface area contributed by atoms with Crippen LogP contribution in [0, 0.1) is 6.92 Å². The predicted molar refractivity (Wildman–Crippen MR) is 113 cm³/mol. The Morgan fingerprint density at radius 3 is 2.07 bits per heavy atom. The van der Waals surface area contributed by atoms with E-state index in [-0.39, 0.29) is 10.9 Å². The van der Waals surface area contributed by atoms with Crippen molar-refractivity contribution in [3.8, 4) is 17.2 Å². The average molecular weight is 421 g/mol. The molecular weight excluding hydrogens is 392 g/mol. The number of rotatable bonds is 7. The van der Waals surface area contributed by atoms with Crippen molar-refractivity contribution in [2.45, 2.75) is 30.7 Å². The van der Waals surface area contributed by atoms with Gasteiger partial charge in [0.15, 0.2) is 11.5 Å². The van der Waals surface area contributed by atoms with E-state index in [4.69, 9.17) is 14.2 Å². The van der Waals surface area contributed by atoms with Crippen molar-refractivity contribution in [2.24, 2.45) is 0 Å². The molecule has 158 valence electrons. The lowest BCUT2D eigenvalue weighted by atomic mass is 10.1. The van der Waals surface area contributed by atoms with Crippen LogP contribution in [-0.2, 0) is 10.0 Å². The number of sulfonamides is 1. The Bertz CT molecular complexity index is 936. The minimum Gasteiger partial charge on any atom is -0.497 e. The summed E-state index contributed by atoms with van der Waals surface area (Å²) < 4.78 is 44.5. The van der Waals surface area contributed by atoms with Gasteiger partial charge in [0, 0.05) is 30.9 Å².